The number of nitrogens with zero attached hydrogens (tertiary/aromatic N) is 1. The first kappa shape index (κ1) is 48.1. The van der Waals surface area contributed by atoms with Crippen LogP contribution in [0.4, 0.5) is 0 Å². The number of nitrogens with one attached hydrogen (secondary N) is 2. The second kappa shape index (κ2) is 21.5. The summed E-state index contributed by atoms with van der Waals surface area (Å²) in [6.45, 7) is 9.53. The number of benzene rings is 2. The molecular formula is C48H67N3O12. The summed E-state index contributed by atoms with van der Waals surface area (Å²) in [5.74, 6) is -2.74. The highest BCUT2D eigenvalue weighted by Crippen LogP contribution is 2.58. The van der Waals surface area contributed by atoms with Crippen molar-refractivity contribution in [3.05, 3.63) is 77.0 Å². The van der Waals surface area contributed by atoms with Gasteiger partial charge in [-0.25, -0.2) is 0 Å². The maximum Gasteiger partial charge on any atom is 0.327 e. The van der Waals surface area contributed by atoms with E-state index in [1.165, 1.54) is 6.26 Å². The number of unbranched alkanes of at least 4 members (excludes halogenated alkanes) is 4. The largest absolute Gasteiger partial charge is 0.499 e. The number of rotatable bonds is 23. The Kier molecular flexibility index (Phi) is 16.4. The quantitative estimate of drug-likeness (QED) is 0.0611. The van der Waals surface area contributed by atoms with Crippen molar-refractivity contribution in [2.45, 2.75) is 166 Å². The summed E-state index contributed by atoms with van der Waals surface area (Å²) in [6, 6.07) is 12.7. The topological polar surface area (TPSA) is 191 Å². The summed E-state index contributed by atoms with van der Waals surface area (Å²) in [7, 11) is 0. The Bertz CT molecular complexity index is 1910. The Morgan fingerprint density at radius 1 is 0.968 bits per heavy atom. The zero-order valence-electron chi connectivity index (χ0n) is 37.5. The predicted octanol–water partition coefficient (Wildman–Crippen LogP) is 5.64. The van der Waals surface area contributed by atoms with Crippen molar-refractivity contribution in [2.75, 3.05) is 19.8 Å². The molecule has 3 aliphatic heterocycles. The molecule has 0 radical (unpaired) electrons. The number of fused-ring (bicyclic) bond motifs is 4. The van der Waals surface area contributed by atoms with Crippen LogP contribution in [0.25, 0.3) is 6.08 Å². The molecule has 3 heterocycles. The standard InChI is InChI=1S/C48H67N3O12/c1-6-8-10-21-47(22-11-9-7-2)61-39-37-28-48(45(57)49-29-33-15-13-17-35(27-33)43(55)50-36(31-53)18-19-38(54)60-46(3,4)5)41(44(56)59-37)51(63-42(48)40(39)62-47)30-34-16-12-14-32(26-34)20-24-58-25-23-52/h12-17,20,24,26-27,36-37,39-42,52-53H,6-11,18-19,21-23,25,28-31H2,1-5H3,(H,49,57)(H,50,55)/t36-,37+,39-,40-,41+,42+,48+/m0/s1. The molecule has 63 heavy (non-hydrogen) atoms. The van der Waals surface area contributed by atoms with Crippen LogP contribution < -0.4 is 10.6 Å². The molecule has 0 aromatic heterocycles. The van der Waals surface area contributed by atoms with Gasteiger partial charge in [0.05, 0.1) is 32.1 Å². The Balaban J connectivity index is 1.24. The molecule has 2 amide bonds. The van der Waals surface area contributed by atoms with E-state index in [1.54, 1.807) is 56.2 Å². The third kappa shape index (κ3) is 11.7. The molecule has 4 aliphatic rings. The molecule has 4 N–H and O–H groups in total. The Hall–Kier alpha value is -4.38. The lowest BCUT2D eigenvalue weighted by atomic mass is 9.62. The minimum atomic E-state index is -1.40. The van der Waals surface area contributed by atoms with E-state index < -0.39 is 77.1 Å². The van der Waals surface area contributed by atoms with E-state index in [0.717, 1.165) is 49.7 Å². The van der Waals surface area contributed by atoms with Crippen LogP contribution in [0.5, 0.6) is 0 Å². The molecule has 4 fully saturated rings. The van der Waals surface area contributed by atoms with Crippen molar-refractivity contribution >= 4 is 29.8 Å². The summed E-state index contributed by atoms with van der Waals surface area (Å²) >= 11 is 0. The lowest BCUT2D eigenvalue weighted by molar-refractivity contribution is -0.224. The number of carbonyl (C=O) groups excluding carboxylic acids is 4. The SMILES string of the molecule is CCCCCC1(CCCCC)O[C@@H]2[C@H](O1)[C@H]1ON(Cc3cccc(C=COCCO)c3)[C@@H]3C(=O)O[C@@H]2C[C@]13C(=O)NCc1cccc(C(=O)N[C@H](CO)CCC(=O)OC(C)(C)C)c1. The number of carbonyl (C=O) groups is 4. The van der Waals surface area contributed by atoms with Gasteiger partial charge in [0.2, 0.25) is 5.91 Å². The minimum absolute atomic E-state index is 0.0247. The van der Waals surface area contributed by atoms with Gasteiger partial charge in [0, 0.05) is 37.8 Å². The Morgan fingerprint density at radius 2 is 1.68 bits per heavy atom. The van der Waals surface area contributed by atoms with E-state index in [2.05, 4.69) is 24.5 Å². The molecular weight excluding hydrogens is 811 g/mol. The number of hydrogen-bond acceptors (Lipinski definition) is 13. The van der Waals surface area contributed by atoms with Gasteiger partial charge in [-0.3, -0.25) is 24.0 Å². The van der Waals surface area contributed by atoms with Crippen LogP contribution in [0, 0.1) is 5.41 Å². The zero-order valence-corrected chi connectivity index (χ0v) is 37.5. The van der Waals surface area contributed by atoms with Crippen LogP contribution in [0.2, 0.25) is 0 Å². The van der Waals surface area contributed by atoms with E-state index in [9.17, 15) is 19.5 Å². The van der Waals surface area contributed by atoms with Crippen LogP contribution in [-0.4, -0.2) is 107 Å². The van der Waals surface area contributed by atoms with Crippen LogP contribution in [0.1, 0.15) is 132 Å². The van der Waals surface area contributed by atoms with E-state index in [-0.39, 0.29) is 52.2 Å². The first-order valence-electron chi connectivity index (χ1n) is 22.7. The highest BCUT2D eigenvalue weighted by molar-refractivity contribution is 5.95. The monoisotopic (exact) mass is 877 g/mol. The maximum absolute atomic E-state index is 15.0. The molecule has 2 bridgehead atoms. The van der Waals surface area contributed by atoms with Gasteiger partial charge < -0.3 is 44.5 Å². The highest BCUT2D eigenvalue weighted by Gasteiger charge is 2.76. The molecule has 1 aliphatic carbocycles. The fourth-order valence-electron chi connectivity index (χ4n) is 9.25. The van der Waals surface area contributed by atoms with Gasteiger partial charge >= 0.3 is 11.9 Å². The summed E-state index contributed by atoms with van der Waals surface area (Å²) < 4.78 is 30.8. The summed E-state index contributed by atoms with van der Waals surface area (Å²) in [5, 5.41) is 26.5. The third-order valence-electron chi connectivity index (χ3n) is 12.2. The second-order valence-electron chi connectivity index (χ2n) is 18.2. The Labute approximate surface area is 371 Å². The smallest absolute Gasteiger partial charge is 0.327 e. The van der Waals surface area contributed by atoms with Crippen molar-refractivity contribution in [3.8, 4) is 0 Å². The van der Waals surface area contributed by atoms with Gasteiger partial charge in [-0.05, 0) is 74.9 Å². The highest BCUT2D eigenvalue weighted by atomic mass is 16.8. The van der Waals surface area contributed by atoms with Gasteiger partial charge in [0.25, 0.3) is 5.91 Å². The van der Waals surface area contributed by atoms with Crippen molar-refractivity contribution in [2.24, 2.45) is 5.41 Å². The number of ether oxygens (including phenoxy) is 5. The molecule has 3 saturated heterocycles. The fraction of sp³-hybridized carbons (Fsp3) is 0.625. The molecule has 15 nitrogen and oxygen atoms in total. The van der Waals surface area contributed by atoms with E-state index >= 15 is 4.79 Å². The summed E-state index contributed by atoms with van der Waals surface area (Å²) in [5.41, 5.74) is 0.548. The van der Waals surface area contributed by atoms with E-state index in [4.69, 9.17) is 33.6 Å². The minimum Gasteiger partial charge on any atom is -0.499 e. The average molecular weight is 878 g/mol. The van der Waals surface area contributed by atoms with Gasteiger partial charge in [0.15, 0.2) is 11.8 Å². The fourth-order valence-corrected chi connectivity index (χ4v) is 9.25. The number of esters is 2. The molecule has 6 rings (SSSR count). The Morgan fingerprint density at radius 3 is 2.38 bits per heavy atom. The molecule has 0 unspecified atom stereocenters. The lowest BCUT2D eigenvalue weighted by Crippen LogP contribution is -2.69. The van der Waals surface area contributed by atoms with E-state index in [1.807, 2.05) is 24.3 Å². The van der Waals surface area contributed by atoms with Crippen molar-refractivity contribution < 1.29 is 57.9 Å². The van der Waals surface area contributed by atoms with Crippen LogP contribution in [-0.2, 0) is 56.0 Å². The first-order chi connectivity index (χ1) is 30.2. The first-order valence-corrected chi connectivity index (χ1v) is 22.7. The van der Waals surface area contributed by atoms with Crippen LogP contribution in [0.3, 0.4) is 0 Å². The van der Waals surface area contributed by atoms with Crippen molar-refractivity contribution in [1.29, 1.82) is 0 Å². The number of amides is 2. The second-order valence-corrected chi connectivity index (χ2v) is 18.2. The summed E-state index contributed by atoms with van der Waals surface area (Å²) in [4.78, 5) is 61.8. The van der Waals surface area contributed by atoms with Crippen molar-refractivity contribution in [3.63, 3.8) is 0 Å². The number of hydrogen-bond donors (Lipinski definition) is 4. The molecule has 15 heteroatoms. The molecule has 7 atom stereocenters. The van der Waals surface area contributed by atoms with Gasteiger partial charge in [-0.2, -0.15) is 5.06 Å². The third-order valence-corrected chi connectivity index (χ3v) is 12.2. The number of aliphatic hydroxyl groups is 2. The van der Waals surface area contributed by atoms with Crippen LogP contribution in [0.15, 0.2) is 54.8 Å². The average Bonchev–Trinajstić information content (AvgIpc) is 3.81. The maximum atomic E-state index is 15.0. The normalized spacial score (nSPS) is 25.3. The van der Waals surface area contributed by atoms with E-state index in [0.29, 0.717) is 24.0 Å². The molecule has 346 valence electrons. The molecule has 0 spiro atoms. The van der Waals surface area contributed by atoms with Crippen LogP contribution >= 0.6 is 0 Å². The number of aliphatic hydroxyl groups excluding tert-OH is 2. The van der Waals surface area contributed by atoms with Gasteiger partial charge in [-0.15, -0.1) is 0 Å². The molecule has 2 aromatic rings. The number of hydroxylamine groups is 2. The lowest BCUT2D eigenvalue weighted by Gasteiger charge is -2.48. The van der Waals surface area contributed by atoms with Crippen molar-refractivity contribution in [1.82, 2.24) is 15.7 Å². The summed E-state index contributed by atoms with van der Waals surface area (Å²) in [6.07, 6.45) is 7.98. The molecule has 1 saturated carbocycles. The predicted molar refractivity (Wildman–Crippen MR) is 232 cm³/mol. The molecule has 2 aromatic carbocycles. The van der Waals surface area contributed by atoms with Gasteiger partial charge in [-0.1, -0.05) is 75.9 Å². The zero-order chi connectivity index (χ0) is 45.2. The van der Waals surface area contributed by atoms with Gasteiger partial charge in [0.1, 0.15) is 42.0 Å².